The molecule has 0 atom stereocenters. The number of benzene rings is 1. The lowest BCUT2D eigenvalue weighted by Gasteiger charge is -2.29. The molecule has 1 aromatic carbocycles. The van der Waals surface area contributed by atoms with Crippen LogP contribution in [0.5, 0.6) is 0 Å². The van der Waals surface area contributed by atoms with Gasteiger partial charge < -0.3 is 14.4 Å². The SMILES string of the molecule is O=C(c1cc2ccccc2oc1=O)N1CCC(O)CC1. The second kappa shape index (κ2) is 5.09. The first kappa shape index (κ1) is 12.9. The second-order valence-electron chi connectivity index (χ2n) is 5.01. The lowest BCUT2D eigenvalue weighted by molar-refractivity contribution is 0.0543. The number of aliphatic hydroxyl groups excluding tert-OH is 1. The molecule has 0 aliphatic carbocycles. The van der Waals surface area contributed by atoms with Crippen LogP contribution in [-0.2, 0) is 0 Å². The molecule has 0 spiro atoms. The molecule has 1 aliphatic heterocycles. The van der Waals surface area contributed by atoms with E-state index in [9.17, 15) is 14.7 Å². The zero-order valence-electron chi connectivity index (χ0n) is 10.9. The Bertz CT molecular complexity index is 698. The summed E-state index contributed by atoms with van der Waals surface area (Å²) in [7, 11) is 0. The van der Waals surface area contributed by atoms with Gasteiger partial charge in [-0.25, -0.2) is 4.79 Å². The Morgan fingerprint density at radius 1 is 1.25 bits per heavy atom. The molecule has 3 rings (SSSR count). The van der Waals surface area contributed by atoms with Gasteiger partial charge in [-0.1, -0.05) is 18.2 Å². The molecule has 0 unspecified atom stereocenters. The number of carbonyl (C=O) groups excluding carboxylic acids is 1. The van der Waals surface area contributed by atoms with E-state index in [0.29, 0.717) is 31.5 Å². The quantitative estimate of drug-likeness (QED) is 0.797. The zero-order chi connectivity index (χ0) is 14.1. The van der Waals surface area contributed by atoms with Crippen LogP contribution in [-0.4, -0.2) is 35.1 Å². The van der Waals surface area contributed by atoms with Crippen molar-refractivity contribution in [2.45, 2.75) is 18.9 Å². The highest BCUT2D eigenvalue weighted by Crippen LogP contribution is 2.16. The summed E-state index contributed by atoms with van der Waals surface area (Å²) in [6.07, 6.45) is 0.738. The first-order valence-corrected chi connectivity index (χ1v) is 6.65. The van der Waals surface area contributed by atoms with Crippen LogP contribution in [0.1, 0.15) is 23.2 Å². The molecule has 1 fully saturated rings. The van der Waals surface area contributed by atoms with E-state index >= 15 is 0 Å². The van der Waals surface area contributed by atoms with Gasteiger partial charge in [0.05, 0.1) is 6.10 Å². The topological polar surface area (TPSA) is 70.8 Å². The molecular formula is C15H15NO4. The van der Waals surface area contributed by atoms with Gasteiger partial charge in [0.15, 0.2) is 0 Å². The van der Waals surface area contributed by atoms with Crippen molar-refractivity contribution in [2.75, 3.05) is 13.1 Å². The lowest BCUT2D eigenvalue weighted by Crippen LogP contribution is -2.41. The molecule has 0 bridgehead atoms. The highest BCUT2D eigenvalue weighted by atomic mass is 16.4. The Hall–Kier alpha value is -2.14. The van der Waals surface area contributed by atoms with E-state index in [2.05, 4.69) is 0 Å². The van der Waals surface area contributed by atoms with Crippen LogP contribution in [0.25, 0.3) is 11.0 Å². The Kier molecular flexibility index (Phi) is 3.28. The molecule has 1 aliphatic rings. The van der Waals surface area contributed by atoms with Gasteiger partial charge in [0, 0.05) is 18.5 Å². The van der Waals surface area contributed by atoms with E-state index in [1.807, 2.05) is 6.07 Å². The first-order valence-electron chi connectivity index (χ1n) is 6.65. The van der Waals surface area contributed by atoms with Gasteiger partial charge in [0.25, 0.3) is 5.91 Å². The van der Waals surface area contributed by atoms with Gasteiger partial charge in [-0.15, -0.1) is 0 Å². The van der Waals surface area contributed by atoms with E-state index in [4.69, 9.17) is 4.42 Å². The van der Waals surface area contributed by atoms with Crippen molar-refractivity contribution in [3.63, 3.8) is 0 Å². The molecule has 0 radical (unpaired) electrons. The van der Waals surface area contributed by atoms with Crippen molar-refractivity contribution in [3.8, 4) is 0 Å². The molecule has 5 nitrogen and oxygen atoms in total. The van der Waals surface area contributed by atoms with Crippen LogP contribution in [0.4, 0.5) is 0 Å². The fraction of sp³-hybridized carbons (Fsp3) is 0.333. The summed E-state index contributed by atoms with van der Waals surface area (Å²) < 4.78 is 5.17. The Balaban J connectivity index is 1.95. The lowest BCUT2D eigenvalue weighted by atomic mass is 10.1. The van der Waals surface area contributed by atoms with Crippen LogP contribution in [0.15, 0.2) is 39.5 Å². The minimum absolute atomic E-state index is 0.0556. The molecule has 1 amide bonds. The zero-order valence-corrected chi connectivity index (χ0v) is 10.9. The largest absolute Gasteiger partial charge is 0.422 e. The van der Waals surface area contributed by atoms with E-state index in [0.717, 1.165) is 5.39 Å². The summed E-state index contributed by atoms with van der Waals surface area (Å²) in [5.41, 5.74) is -0.0805. The maximum atomic E-state index is 12.4. The fourth-order valence-corrected chi connectivity index (χ4v) is 2.45. The van der Waals surface area contributed by atoms with Gasteiger partial charge in [0.2, 0.25) is 0 Å². The van der Waals surface area contributed by atoms with Crippen molar-refractivity contribution in [2.24, 2.45) is 0 Å². The number of rotatable bonds is 1. The molecule has 1 saturated heterocycles. The van der Waals surface area contributed by atoms with Gasteiger partial charge in [-0.3, -0.25) is 4.79 Å². The third-order valence-corrected chi connectivity index (χ3v) is 3.62. The maximum absolute atomic E-state index is 12.4. The van der Waals surface area contributed by atoms with Gasteiger partial charge in [-0.05, 0) is 25.0 Å². The Morgan fingerprint density at radius 3 is 2.70 bits per heavy atom. The van der Waals surface area contributed by atoms with Crippen molar-refractivity contribution in [3.05, 3.63) is 46.3 Å². The number of hydrogen-bond acceptors (Lipinski definition) is 4. The molecule has 1 N–H and O–H groups in total. The third-order valence-electron chi connectivity index (χ3n) is 3.62. The van der Waals surface area contributed by atoms with E-state index in [1.54, 1.807) is 29.2 Å². The number of piperidine rings is 1. The predicted octanol–water partition coefficient (Wildman–Crippen LogP) is 1.39. The summed E-state index contributed by atoms with van der Waals surface area (Å²) >= 11 is 0. The van der Waals surface area contributed by atoms with Crippen molar-refractivity contribution in [1.29, 1.82) is 0 Å². The van der Waals surface area contributed by atoms with Gasteiger partial charge in [-0.2, -0.15) is 0 Å². The van der Waals surface area contributed by atoms with E-state index in [1.165, 1.54) is 0 Å². The van der Waals surface area contributed by atoms with Crippen molar-refractivity contribution >= 4 is 16.9 Å². The Labute approximate surface area is 115 Å². The summed E-state index contributed by atoms with van der Waals surface area (Å²) in [4.78, 5) is 25.9. The molecular weight excluding hydrogens is 258 g/mol. The molecule has 1 aromatic heterocycles. The number of fused-ring (bicyclic) bond motifs is 1. The average Bonchev–Trinajstić information content (AvgIpc) is 2.46. The Morgan fingerprint density at radius 2 is 1.95 bits per heavy atom. The number of carbonyl (C=O) groups is 1. The van der Waals surface area contributed by atoms with E-state index in [-0.39, 0.29) is 17.6 Å². The van der Waals surface area contributed by atoms with Gasteiger partial charge >= 0.3 is 5.63 Å². The van der Waals surface area contributed by atoms with Gasteiger partial charge in [0.1, 0.15) is 11.1 Å². The third kappa shape index (κ3) is 2.32. The summed E-state index contributed by atoms with van der Waals surface area (Å²) in [6.45, 7) is 0.929. The molecule has 0 saturated carbocycles. The van der Waals surface area contributed by atoms with Crippen LogP contribution in [0.3, 0.4) is 0 Å². The maximum Gasteiger partial charge on any atom is 0.349 e. The first-order chi connectivity index (χ1) is 9.65. The van der Waals surface area contributed by atoms with Crippen LogP contribution in [0.2, 0.25) is 0 Å². The summed E-state index contributed by atoms with van der Waals surface area (Å²) in [5, 5.41) is 10.2. The van der Waals surface area contributed by atoms with Crippen LogP contribution in [0, 0.1) is 0 Å². The normalized spacial score (nSPS) is 16.6. The fourth-order valence-electron chi connectivity index (χ4n) is 2.45. The monoisotopic (exact) mass is 273 g/mol. The van der Waals surface area contributed by atoms with Crippen LogP contribution < -0.4 is 5.63 Å². The van der Waals surface area contributed by atoms with Crippen LogP contribution >= 0.6 is 0 Å². The molecule has 5 heteroatoms. The minimum atomic E-state index is -0.611. The summed E-state index contributed by atoms with van der Waals surface area (Å²) in [5.74, 6) is -0.323. The smallest absolute Gasteiger partial charge is 0.349 e. The number of aliphatic hydroxyl groups is 1. The summed E-state index contributed by atoms with van der Waals surface area (Å²) in [6, 6.07) is 8.68. The number of likely N-dealkylation sites (tertiary alicyclic amines) is 1. The second-order valence-corrected chi connectivity index (χ2v) is 5.01. The molecule has 20 heavy (non-hydrogen) atoms. The molecule has 104 valence electrons. The predicted molar refractivity (Wildman–Crippen MR) is 73.6 cm³/mol. The van der Waals surface area contributed by atoms with Crippen molar-refractivity contribution in [1.82, 2.24) is 4.90 Å². The average molecular weight is 273 g/mol. The van der Waals surface area contributed by atoms with Crippen molar-refractivity contribution < 1.29 is 14.3 Å². The van der Waals surface area contributed by atoms with E-state index < -0.39 is 5.63 Å². The minimum Gasteiger partial charge on any atom is -0.422 e. The number of amides is 1. The molecule has 2 aromatic rings. The number of para-hydroxylation sites is 1. The highest BCUT2D eigenvalue weighted by molar-refractivity contribution is 5.96. The highest BCUT2D eigenvalue weighted by Gasteiger charge is 2.24. The number of nitrogens with zero attached hydrogens (tertiary/aromatic N) is 1. The molecule has 2 heterocycles. The number of hydrogen-bond donors (Lipinski definition) is 1. The standard InChI is InChI=1S/C15H15NO4/c17-11-5-7-16(8-6-11)14(18)12-9-10-3-1-2-4-13(10)20-15(12)19/h1-4,9,11,17H,5-8H2.